The molecule has 21 heavy (non-hydrogen) atoms. The van der Waals surface area contributed by atoms with E-state index in [0.29, 0.717) is 22.4 Å². The van der Waals surface area contributed by atoms with Gasteiger partial charge in [-0.2, -0.15) is 0 Å². The first-order valence-corrected chi connectivity index (χ1v) is 10.8. The minimum absolute atomic E-state index is 0.0308. The maximum Gasteiger partial charge on any atom is 0.336 e. The van der Waals surface area contributed by atoms with Crippen molar-refractivity contribution in [2.24, 2.45) is 0 Å². The SMILES string of the molecule is COc1cc(O[Si](C)(C)C(C)(C)C)c(CBr)c(C(=O)O)c1. The van der Waals surface area contributed by atoms with Crippen LogP contribution < -0.4 is 9.16 Å². The predicted octanol–water partition coefficient (Wildman–Crippen LogP) is 4.67. The number of hydrogen-bond acceptors (Lipinski definition) is 3. The Labute approximate surface area is 135 Å². The van der Waals surface area contributed by atoms with Crippen LogP contribution in [0.5, 0.6) is 11.5 Å². The number of alkyl halides is 1. The summed E-state index contributed by atoms with van der Waals surface area (Å²) in [7, 11) is -0.537. The lowest BCUT2D eigenvalue weighted by molar-refractivity contribution is 0.0695. The molecular formula is C15H23BrO4Si. The minimum atomic E-state index is -2.06. The number of aromatic carboxylic acids is 1. The third-order valence-electron chi connectivity index (χ3n) is 3.95. The molecule has 1 aromatic rings. The van der Waals surface area contributed by atoms with Crippen molar-refractivity contribution in [2.75, 3.05) is 7.11 Å². The van der Waals surface area contributed by atoms with Crippen molar-refractivity contribution in [2.45, 2.75) is 44.2 Å². The van der Waals surface area contributed by atoms with Crippen molar-refractivity contribution in [3.05, 3.63) is 23.3 Å². The van der Waals surface area contributed by atoms with E-state index in [9.17, 15) is 9.90 Å². The maximum atomic E-state index is 11.4. The smallest absolute Gasteiger partial charge is 0.336 e. The van der Waals surface area contributed by atoms with E-state index < -0.39 is 14.3 Å². The zero-order chi connectivity index (χ0) is 16.4. The van der Waals surface area contributed by atoms with Crippen molar-refractivity contribution in [1.82, 2.24) is 0 Å². The standard InChI is InChI=1S/C15H23BrO4Si/c1-15(2,3)21(5,6)20-13-8-10(19-4)7-11(14(17)18)12(13)9-16/h7-8H,9H2,1-6H3,(H,17,18). The Morgan fingerprint density at radius 2 is 1.90 bits per heavy atom. The fraction of sp³-hybridized carbons (Fsp3) is 0.533. The Kier molecular flexibility index (Phi) is 5.49. The third kappa shape index (κ3) is 4.00. The van der Waals surface area contributed by atoms with Crippen molar-refractivity contribution in [3.8, 4) is 11.5 Å². The summed E-state index contributed by atoms with van der Waals surface area (Å²) in [6.45, 7) is 10.7. The molecule has 0 aliphatic carbocycles. The van der Waals surface area contributed by atoms with E-state index in [1.807, 2.05) is 0 Å². The van der Waals surface area contributed by atoms with E-state index in [0.717, 1.165) is 0 Å². The Bertz CT molecular complexity index is 535. The lowest BCUT2D eigenvalue weighted by Gasteiger charge is -2.37. The minimum Gasteiger partial charge on any atom is -0.543 e. The molecule has 0 fully saturated rings. The number of rotatable bonds is 5. The van der Waals surface area contributed by atoms with E-state index in [4.69, 9.17) is 9.16 Å². The molecule has 0 amide bonds. The Balaban J connectivity index is 3.41. The third-order valence-corrected chi connectivity index (χ3v) is 8.86. The molecule has 0 unspecified atom stereocenters. The molecule has 0 heterocycles. The quantitative estimate of drug-likeness (QED) is 0.600. The van der Waals surface area contributed by atoms with Gasteiger partial charge < -0.3 is 14.3 Å². The monoisotopic (exact) mass is 374 g/mol. The highest BCUT2D eigenvalue weighted by molar-refractivity contribution is 9.08. The highest BCUT2D eigenvalue weighted by Gasteiger charge is 2.39. The van der Waals surface area contributed by atoms with Crippen molar-refractivity contribution >= 4 is 30.2 Å². The number of methoxy groups -OCH3 is 1. The molecule has 0 bridgehead atoms. The van der Waals surface area contributed by atoms with E-state index in [1.165, 1.54) is 13.2 Å². The molecule has 4 nitrogen and oxygen atoms in total. The fourth-order valence-corrected chi connectivity index (χ4v) is 3.20. The summed E-state index contributed by atoms with van der Waals surface area (Å²) >= 11 is 3.36. The molecule has 0 radical (unpaired) electrons. The molecule has 0 aromatic heterocycles. The summed E-state index contributed by atoms with van der Waals surface area (Å²) in [4.78, 5) is 11.4. The largest absolute Gasteiger partial charge is 0.543 e. The molecule has 1 aromatic carbocycles. The average Bonchev–Trinajstić information content (AvgIpc) is 2.35. The summed E-state index contributed by atoms with van der Waals surface area (Å²) in [5.41, 5.74) is 0.855. The van der Waals surface area contributed by atoms with Gasteiger partial charge in [0.1, 0.15) is 11.5 Å². The van der Waals surface area contributed by atoms with E-state index in [-0.39, 0.29) is 10.6 Å². The molecule has 0 saturated carbocycles. The van der Waals surface area contributed by atoms with Crippen LogP contribution in [0.3, 0.4) is 0 Å². The molecule has 0 atom stereocenters. The summed E-state index contributed by atoms with van der Waals surface area (Å²) < 4.78 is 11.5. The maximum absolute atomic E-state index is 11.4. The zero-order valence-corrected chi connectivity index (χ0v) is 16.0. The van der Waals surface area contributed by atoms with E-state index >= 15 is 0 Å². The molecule has 0 spiro atoms. The lowest BCUT2D eigenvalue weighted by atomic mass is 10.1. The van der Waals surface area contributed by atoms with Gasteiger partial charge in [0.15, 0.2) is 0 Å². The number of carboxylic acids is 1. The van der Waals surface area contributed by atoms with Crippen LogP contribution in [0.1, 0.15) is 36.7 Å². The molecule has 0 aliphatic heterocycles. The number of hydrogen-bond donors (Lipinski definition) is 1. The van der Waals surface area contributed by atoms with Gasteiger partial charge in [-0.15, -0.1) is 0 Å². The topological polar surface area (TPSA) is 55.8 Å². The van der Waals surface area contributed by atoms with Gasteiger partial charge in [0.25, 0.3) is 0 Å². The van der Waals surface area contributed by atoms with Crippen LogP contribution in [0, 0.1) is 0 Å². The van der Waals surface area contributed by atoms with Crippen LogP contribution in [0.2, 0.25) is 18.1 Å². The van der Waals surface area contributed by atoms with Crippen molar-refractivity contribution in [3.63, 3.8) is 0 Å². The predicted molar refractivity (Wildman–Crippen MR) is 90.4 cm³/mol. The van der Waals surface area contributed by atoms with Gasteiger partial charge in [0.2, 0.25) is 8.32 Å². The van der Waals surface area contributed by atoms with E-state index in [2.05, 4.69) is 49.8 Å². The number of halogens is 1. The van der Waals surface area contributed by atoms with Crippen LogP contribution in [0.15, 0.2) is 12.1 Å². The molecule has 6 heteroatoms. The second-order valence-electron chi connectivity index (χ2n) is 6.45. The van der Waals surface area contributed by atoms with Gasteiger partial charge in [0, 0.05) is 17.0 Å². The van der Waals surface area contributed by atoms with Gasteiger partial charge in [-0.3, -0.25) is 0 Å². The number of carboxylic acid groups (broad SMARTS) is 1. The first-order chi connectivity index (χ1) is 9.53. The molecule has 1 N–H and O–H groups in total. The second kappa shape index (κ2) is 6.40. The van der Waals surface area contributed by atoms with Gasteiger partial charge in [0.05, 0.1) is 12.7 Å². The Hall–Kier alpha value is -1.01. The number of carbonyl (C=O) groups is 1. The molecule has 1 rings (SSSR count). The van der Waals surface area contributed by atoms with Gasteiger partial charge in [-0.25, -0.2) is 4.79 Å². The average molecular weight is 375 g/mol. The van der Waals surface area contributed by atoms with Gasteiger partial charge in [-0.1, -0.05) is 36.7 Å². The fourth-order valence-electron chi connectivity index (χ4n) is 1.59. The van der Waals surface area contributed by atoms with Crippen LogP contribution in [-0.4, -0.2) is 26.5 Å². The Morgan fingerprint density at radius 3 is 2.29 bits per heavy atom. The Morgan fingerprint density at radius 1 is 1.33 bits per heavy atom. The summed E-state index contributed by atoms with van der Waals surface area (Å²) in [5, 5.41) is 9.83. The summed E-state index contributed by atoms with van der Waals surface area (Å²) in [6.07, 6.45) is 0. The second-order valence-corrected chi connectivity index (χ2v) is 11.7. The first kappa shape index (κ1) is 18.0. The lowest BCUT2D eigenvalue weighted by Crippen LogP contribution is -2.44. The summed E-state index contributed by atoms with van der Waals surface area (Å²) in [5.74, 6) is 0.101. The number of benzene rings is 1. The van der Waals surface area contributed by atoms with Crippen LogP contribution in [0.25, 0.3) is 0 Å². The molecule has 118 valence electrons. The molecular weight excluding hydrogens is 352 g/mol. The highest BCUT2D eigenvalue weighted by atomic mass is 79.9. The van der Waals surface area contributed by atoms with Crippen LogP contribution in [-0.2, 0) is 5.33 Å². The van der Waals surface area contributed by atoms with Gasteiger partial charge >= 0.3 is 5.97 Å². The van der Waals surface area contributed by atoms with Gasteiger partial charge in [-0.05, 0) is 24.2 Å². The van der Waals surface area contributed by atoms with E-state index in [1.54, 1.807) is 6.07 Å². The zero-order valence-electron chi connectivity index (χ0n) is 13.4. The molecule has 0 saturated heterocycles. The van der Waals surface area contributed by atoms with Crippen LogP contribution in [0.4, 0.5) is 0 Å². The molecule has 0 aliphatic rings. The van der Waals surface area contributed by atoms with Crippen molar-refractivity contribution < 1.29 is 19.1 Å². The highest BCUT2D eigenvalue weighted by Crippen LogP contribution is 2.40. The normalized spacial score (nSPS) is 12.1. The van der Waals surface area contributed by atoms with Crippen LogP contribution >= 0.6 is 15.9 Å². The first-order valence-electron chi connectivity index (χ1n) is 6.72. The summed E-state index contributed by atoms with van der Waals surface area (Å²) in [6, 6.07) is 3.29. The number of ether oxygens (including phenoxy) is 1. The van der Waals surface area contributed by atoms with Crippen molar-refractivity contribution in [1.29, 1.82) is 0 Å².